The van der Waals surface area contributed by atoms with Crippen LogP contribution in [0.15, 0.2) is 108 Å². The first kappa shape index (κ1) is 33.9. The predicted octanol–water partition coefficient (Wildman–Crippen LogP) is 7.51. The number of benzene rings is 4. The van der Waals surface area contributed by atoms with Crippen LogP contribution in [0, 0.1) is 11.3 Å². The van der Waals surface area contributed by atoms with Gasteiger partial charge in [-0.1, -0.05) is 75.4 Å². The van der Waals surface area contributed by atoms with Gasteiger partial charge in [0.05, 0.1) is 36.9 Å². The molecule has 5 aromatic rings. The molecule has 246 valence electrons. The van der Waals surface area contributed by atoms with Crippen LogP contribution in [0.4, 0.5) is 5.82 Å². The molecule has 0 spiro atoms. The van der Waals surface area contributed by atoms with E-state index in [4.69, 9.17) is 18.9 Å². The lowest BCUT2D eigenvalue weighted by Gasteiger charge is -2.20. The summed E-state index contributed by atoms with van der Waals surface area (Å²) in [6.07, 6.45) is 0. The highest BCUT2D eigenvalue weighted by Crippen LogP contribution is 2.41. The molecule has 0 fully saturated rings. The number of nitrogens with zero attached hydrogens (tertiary/aromatic N) is 3. The van der Waals surface area contributed by atoms with Crippen LogP contribution >= 0.6 is 0 Å². The Kier molecular flexibility index (Phi) is 10.6. The first-order valence-corrected chi connectivity index (χ1v) is 16.7. The number of para-hydroxylation sites is 2. The maximum atomic E-state index is 13.8. The van der Waals surface area contributed by atoms with E-state index in [-0.39, 0.29) is 52.5 Å². The maximum Gasteiger partial charge on any atom is 0.263 e. The minimum absolute atomic E-state index is 0.0284. The van der Waals surface area contributed by atoms with Crippen LogP contribution in [0.5, 0.6) is 23.1 Å². The van der Waals surface area contributed by atoms with E-state index in [2.05, 4.69) is 41.5 Å². The monoisotopic (exact) mass is 664 g/mol. The molecule has 10 nitrogen and oxygen atoms in total. The Labute approximate surface area is 281 Å². The Balaban J connectivity index is 1.55. The first-order chi connectivity index (χ1) is 23.1. The van der Waals surface area contributed by atoms with E-state index in [9.17, 15) is 13.7 Å². The van der Waals surface area contributed by atoms with Crippen LogP contribution in [0.25, 0.3) is 11.4 Å². The normalized spacial score (nSPS) is 11.4. The summed E-state index contributed by atoms with van der Waals surface area (Å²) in [4.78, 5) is 9.27. The highest BCUT2D eigenvalue weighted by Gasteiger charge is 2.26. The number of rotatable bonds is 13. The van der Waals surface area contributed by atoms with Crippen molar-refractivity contribution in [2.24, 2.45) is 0 Å². The van der Waals surface area contributed by atoms with Crippen molar-refractivity contribution < 1.29 is 27.4 Å². The third-order valence-corrected chi connectivity index (χ3v) is 8.58. The summed E-state index contributed by atoms with van der Waals surface area (Å²) in [5.41, 5.74) is 2.80. The molecule has 11 heteroatoms. The average Bonchev–Trinajstić information content (AvgIpc) is 3.09. The van der Waals surface area contributed by atoms with Crippen molar-refractivity contribution in [2.75, 3.05) is 25.0 Å². The summed E-state index contributed by atoms with van der Waals surface area (Å²) in [5, 5.41) is 9.30. The van der Waals surface area contributed by atoms with E-state index in [0.717, 1.165) is 11.1 Å². The molecule has 1 aromatic heterocycles. The van der Waals surface area contributed by atoms with Gasteiger partial charge in [-0.05, 0) is 65.1 Å². The van der Waals surface area contributed by atoms with Crippen LogP contribution < -0.4 is 18.9 Å². The number of nitriles is 1. The van der Waals surface area contributed by atoms with Crippen LogP contribution in [-0.2, 0) is 26.8 Å². The number of aromatic nitrogens is 2. The fourth-order valence-electron chi connectivity index (χ4n) is 4.61. The van der Waals surface area contributed by atoms with Crippen molar-refractivity contribution in [3.63, 3.8) is 0 Å². The van der Waals surface area contributed by atoms with Gasteiger partial charge >= 0.3 is 0 Å². The predicted molar refractivity (Wildman–Crippen MR) is 183 cm³/mol. The van der Waals surface area contributed by atoms with Crippen molar-refractivity contribution in [1.82, 2.24) is 9.97 Å². The standard InChI is InChI=1S/C37H36N4O6S/c1-37(2,3)29-18-20-30(21-19-29)48(42,43)41-35-33(47-32-13-9-8-12-31(32)44-4)36(46-23-22-45-25-27-10-6-5-7-11-27)40-34(39-35)28-16-14-26(24-38)15-17-28/h5-21H,22-23,25H2,1-4H3,(H,39,40,41). The molecule has 0 atom stereocenters. The second kappa shape index (κ2) is 15.0. The molecule has 0 amide bonds. The van der Waals surface area contributed by atoms with Gasteiger partial charge in [0.15, 0.2) is 23.1 Å². The van der Waals surface area contributed by atoms with Gasteiger partial charge in [-0.2, -0.15) is 10.2 Å². The number of methoxy groups -OCH3 is 1. The third-order valence-electron chi connectivity index (χ3n) is 7.23. The number of anilines is 1. The molecule has 1 N–H and O–H groups in total. The molecule has 0 aliphatic carbocycles. The minimum Gasteiger partial charge on any atom is -0.493 e. The van der Waals surface area contributed by atoms with Gasteiger partial charge in [0.2, 0.25) is 5.75 Å². The molecule has 4 aromatic carbocycles. The summed E-state index contributed by atoms with van der Waals surface area (Å²) >= 11 is 0. The van der Waals surface area contributed by atoms with Crippen molar-refractivity contribution >= 4 is 15.8 Å². The van der Waals surface area contributed by atoms with E-state index in [0.29, 0.717) is 23.5 Å². The highest BCUT2D eigenvalue weighted by atomic mass is 32.2. The molecular formula is C37H36N4O6S. The molecule has 0 saturated carbocycles. The van der Waals surface area contributed by atoms with E-state index >= 15 is 0 Å². The van der Waals surface area contributed by atoms with Gasteiger partial charge in [0.1, 0.15) is 6.61 Å². The van der Waals surface area contributed by atoms with Crippen molar-refractivity contribution in [2.45, 2.75) is 37.7 Å². The zero-order valence-electron chi connectivity index (χ0n) is 27.1. The zero-order valence-corrected chi connectivity index (χ0v) is 28.0. The van der Waals surface area contributed by atoms with E-state index in [1.807, 2.05) is 30.3 Å². The molecule has 5 rings (SSSR count). The lowest BCUT2D eigenvalue weighted by Crippen LogP contribution is -2.17. The van der Waals surface area contributed by atoms with Gasteiger partial charge in [0, 0.05) is 5.56 Å². The quantitative estimate of drug-likeness (QED) is 0.127. The number of ether oxygens (including phenoxy) is 4. The maximum absolute atomic E-state index is 13.8. The van der Waals surface area contributed by atoms with Crippen LogP contribution in [-0.4, -0.2) is 38.7 Å². The molecule has 0 aliphatic heterocycles. The molecular weight excluding hydrogens is 628 g/mol. The highest BCUT2D eigenvalue weighted by molar-refractivity contribution is 7.92. The van der Waals surface area contributed by atoms with Crippen LogP contribution in [0.2, 0.25) is 0 Å². The Morgan fingerprint density at radius 2 is 1.48 bits per heavy atom. The van der Waals surface area contributed by atoms with Gasteiger partial charge in [0.25, 0.3) is 15.9 Å². The van der Waals surface area contributed by atoms with Crippen LogP contribution in [0.1, 0.15) is 37.5 Å². The number of hydrogen-bond donors (Lipinski definition) is 1. The summed E-state index contributed by atoms with van der Waals surface area (Å²) in [6.45, 7) is 6.82. The van der Waals surface area contributed by atoms with Gasteiger partial charge in [-0.3, -0.25) is 4.72 Å². The fraction of sp³-hybridized carbons (Fsp3) is 0.216. The summed E-state index contributed by atoms with van der Waals surface area (Å²) in [7, 11) is -2.67. The lowest BCUT2D eigenvalue weighted by molar-refractivity contribution is 0.0866. The summed E-state index contributed by atoms with van der Waals surface area (Å²) in [5.74, 6) is 0.574. The zero-order chi connectivity index (χ0) is 34.1. The lowest BCUT2D eigenvalue weighted by atomic mass is 9.87. The van der Waals surface area contributed by atoms with Gasteiger partial charge in [-0.15, -0.1) is 0 Å². The van der Waals surface area contributed by atoms with Crippen molar-refractivity contribution in [1.29, 1.82) is 5.26 Å². The van der Waals surface area contributed by atoms with Crippen molar-refractivity contribution in [3.05, 3.63) is 120 Å². The average molecular weight is 665 g/mol. The Hall–Kier alpha value is -5.44. The molecule has 0 bridgehead atoms. The van der Waals surface area contributed by atoms with Gasteiger partial charge < -0.3 is 18.9 Å². The van der Waals surface area contributed by atoms with Crippen molar-refractivity contribution in [3.8, 4) is 40.6 Å². The topological polar surface area (TPSA) is 133 Å². The Morgan fingerprint density at radius 3 is 2.12 bits per heavy atom. The molecule has 0 saturated heterocycles. The summed E-state index contributed by atoms with van der Waals surface area (Å²) < 4.78 is 53.9. The number of sulfonamides is 1. The van der Waals surface area contributed by atoms with E-state index in [1.165, 1.54) is 7.11 Å². The van der Waals surface area contributed by atoms with E-state index < -0.39 is 10.0 Å². The molecule has 48 heavy (non-hydrogen) atoms. The number of nitrogens with one attached hydrogen (secondary N) is 1. The SMILES string of the molecule is COc1ccccc1Oc1c(NS(=O)(=O)c2ccc(C(C)(C)C)cc2)nc(-c2ccc(C#N)cc2)nc1OCCOCc1ccccc1. The smallest absolute Gasteiger partial charge is 0.263 e. The minimum atomic E-state index is -4.17. The third kappa shape index (κ3) is 8.47. The molecule has 0 aliphatic rings. The second-order valence-electron chi connectivity index (χ2n) is 11.7. The largest absolute Gasteiger partial charge is 0.493 e. The fourth-order valence-corrected chi connectivity index (χ4v) is 5.61. The second-order valence-corrected chi connectivity index (χ2v) is 13.4. The first-order valence-electron chi connectivity index (χ1n) is 15.2. The number of hydrogen-bond acceptors (Lipinski definition) is 9. The van der Waals surface area contributed by atoms with Gasteiger partial charge in [-0.25, -0.2) is 13.4 Å². The molecule has 0 unspecified atom stereocenters. The van der Waals surface area contributed by atoms with E-state index in [1.54, 1.807) is 72.8 Å². The Morgan fingerprint density at radius 1 is 0.812 bits per heavy atom. The van der Waals surface area contributed by atoms with Crippen LogP contribution in [0.3, 0.4) is 0 Å². The molecule has 1 heterocycles. The molecule has 0 radical (unpaired) electrons. The summed E-state index contributed by atoms with van der Waals surface area (Å²) in [6, 6.07) is 32.0. The Bertz CT molecular complexity index is 1990.